The van der Waals surface area contributed by atoms with Gasteiger partial charge < -0.3 is 9.47 Å². The molecule has 0 unspecified atom stereocenters. The molecule has 0 N–H and O–H groups in total. The second-order valence-corrected chi connectivity index (χ2v) is 13.5. The molecule has 2 aromatic heterocycles. The maximum Gasteiger partial charge on any atom is 0.417 e. The number of aliphatic imine (C=N–C) groups is 1. The zero-order chi connectivity index (χ0) is 30.8. The van der Waals surface area contributed by atoms with Crippen molar-refractivity contribution in [3.05, 3.63) is 63.2 Å². The second kappa shape index (κ2) is 12.2. The number of aryl methyl sites for hydroxylation is 3. The molecular formula is C32H41N5O4S. The van der Waals surface area contributed by atoms with Crippen LogP contribution in [0.15, 0.2) is 40.7 Å². The summed E-state index contributed by atoms with van der Waals surface area (Å²) in [5, 5.41) is 3.04. The fraction of sp³-hybridized carbons (Fsp3) is 0.469. The van der Waals surface area contributed by atoms with Crippen LogP contribution in [-0.4, -0.2) is 62.2 Å². The first-order chi connectivity index (χ1) is 19.6. The Hall–Kier alpha value is -3.79. The van der Waals surface area contributed by atoms with E-state index in [2.05, 4.69) is 36.6 Å². The third kappa shape index (κ3) is 7.94. The number of rotatable bonds is 4. The first-order valence-corrected chi connectivity index (χ1v) is 15.1. The average Bonchev–Trinajstić information content (AvgIpc) is 3.34. The molecule has 1 aliphatic heterocycles. The molecule has 3 aromatic rings. The number of amides is 2. The van der Waals surface area contributed by atoms with Gasteiger partial charge in [-0.2, -0.15) is 0 Å². The Kier molecular flexibility index (Phi) is 9.06. The Balaban J connectivity index is 1.65. The molecule has 9 nitrogen and oxygen atoms in total. The van der Waals surface area contributed by atoms with E-state index in [0.717, 1.165) is 27.5 Å². The van der Waals surface area contributed by atoms with Gasteiger partial charge in [0.15, 0.2) is 0 Å². The second-order valence-electron chi connectivity index (χ2n) is 12.6. The lowest BCUT2D eigenvalue weighted by Crippen LogP contribution is -2.56. The zero-order valence-corrected chi connectivity index (χ0v) is 26.9. The van der Waals surface area contributed by atoms with Crippen molar-refractivity contribution in [2.45, 2.75) is 86.4 Å². The quantitative estimate of drug-likeness (QED) is 0.310. The Morgan fingerprint density at radius 2 is 1.48 bits per heavy atom. The highest BCUT2D eigenvalue weighted by Crippen LogP contribution is 2.28. The number of guanidine groups is 1. The van der Waals surface area contributed by atoms with Crippen molar-refractivity contribution in [1.29, 1.82) is 0 Å². The molecule has 0 spiro atoms. The summed E-state index contributed by atoms with van der Waals surface area (Å²) in [4.78, 5) is 43.8. The molecule has 3 heterocycles. The highest BCUT2D eigenvalue weighted by Gasteiger charge is 2.37. The summed E-state index contributed by atoms with van der Waals surface area (Å²) < 4.78 is 11.3. The summed E-state index contributed by atoms with van der Waals surface area (Å²) >= 11 is 1.61. The molecular weight excluding hydrogens is 550 g/mol. The van der Waals surface area contributed by atoms with Crippen LogP contribution in [0.3, 0.4) is 0 Å². The van der Waals surface area contributed by atoms with Gasteiger partial charge in [-0.3, -0.25) is 4.98 Å². The van der Waals surface area contributed by atoms with E-state index in [1.54, 1.807) is 52.9 Å². The third-order valence-electron chi connectivity index (χ3n) is 6.39. The first kappa shape index (κ1) is 31.2. The summed E-state index contributed by atoms with van der Waals surface area (Å²) in [5.74, 6) is 0.171. The van der Waals surface area contributed by atoms with E-state index in [4.69, 9.17) is 24.4 Å². The lowest BCUT2D eigenvalue weighted by molar-refractivity contribution is 0.0225. The normalized spacial score (nSPS) is 14.2. The molecule has 1 fully saturated rings. The van der Waals surface area contributed by atoms with Gasteiger partial charge in [0.1, 0.15) is 11.2 Å². The van der Waals surface area contributed by atoms with Gasteiger partial charge in [-0.05, 0) is 80.4 Å². The Bertz CT molecular complexity index is 1440. The van der Waals surface area contributed by atoms with Crippen molar-refractivity contribution >= 4 is 35.2 Å². The number of benzene rings is 1. The van der Waals surface area contributed by atoms with E-state index < -0.39 is 23.4 Å². The van der Waals surface area contributed by atoms with Crippen LogP contribution in [0.5, 0.6) is 0 Å². The van der Waals surface area contributed by atoms with Gasteiger partial charge in [0.2, 0.25) is 5.96 Å². The first-order valence-electron chi connectivity index (χ1n) is 14.2. The van der Waals surface area contributed by atoms with Crippen molar-refractivity contribution in [2.24, 2.45) is 4.99 Å². The highest BCUT2D eigenvalue weighted by atomic mass is 32.1. The number of hydrogen-bond acceptors (Lipinski definition) is 8. The summed E-state index contributed by atoms with van der Waals surface area (Å²) in [6.07, 6.45) is 0.0161. The fourth-order valence-corrected chi connectivity index (χ4v) is 5.17. The van der Waals surface area contributed by atoms with Gasteiger partial charge in [0.25, 0.3) is 0 Å². The summed E-state index contributed by atoms with van der Waals surface area (Å²) in [6, 6.07) is 10.3. The topological polar surface area (TPSA) is 97.2 Å². The Morgan fingerprint density at radius 3 is 2.02 bits per heavy atom. The minimum absolute atomic E-state index is 0.171. The molecule has 1 aromatic carbocycles. The summed E-state index contributed by atoms with van der Waals surface area (Å²) in [7, 11) is 0. The minimum atomic E-state index is -0.707. The number of pyridine rings is 1. The van der Waals surface area contributed by atoms with Crippen molar-refractivity contribution in [3.63, 3.8) is 0 Å². The maximum atomic E-state index is 13.2. The molecule has 0 aliphatic carbocycles. The highest BCUT2D eigenvalue weighted by molar-refractivity contribution is 7.10. The fourth-order valence-electron chi connectivity index (χ4n) is 4.37. The van der Waals surface area contributed by atoms with E-state index in [0.29, 0.717) is 37.3 Å². The van der Waals surface area contributed by atoms with Gasteiger partial charge >= 0.3 is 12.2 Å². The number of ether oxygens (including phenoxy) is 2. The average molecular weight is 592 g/mol. The van der Waals surface area contributed by atoms with Crippen LogP contribution in [-0.2, 0) is 15.9 Å². The van der Waals surface area contributed by atoms with E-state index in [-0.39, 0.29) is 5.96 Å². The van der Waals surface area contributed by atoms with Crippen molar-refractivity contribution in [2.75, 3.05) is 13.1 Å². The molecule has 0 saturated carbocycles. The van der Waals surface area contributed by atoms with Crippen molar-refractivity contribution in [3.8, 4) is 11.3 Å². The Morgan fingerprint density at radius 1 is 0.905 bits per heavy atom. The lowest BCUT2D eigenvalue weighted by Gasteiger charge is -2.37. The largest absolute Gasteiger partial charge is 0.443 e. The molecule has 1 saturated heterocycles. The number of thiazole rings is 1. The number of nitrogens with zero attached hydrogens (tertiary/aromatic N) is 5. The number of carbonyl (C=O) groups excluding carboxylic acids is 2. The molecule has 0 atom stereocenters. The van der Waals surface area contributed by atoms with Gasteiger partial charge in [-0.1, -0.05) is 29.8 Å². The van der Waals surface area contributed by atoms with Gasteiger partial charge in [-0.25, -0.2) is 29.4 Å². The van der Waals surface area contributed by atoms with Crippen LogP contribution >= 0.6 is 11.3 Å². The van der Waals surface area contributed by atoms with Crippen LogP contribution in [0.2, 0.25) is 0 Å². The van der Waals surface area contributed by atoms with Crippen molar-refractivity contribution < 1.29 is 19.1 Å². The summed E-state index contributed by atoms with van der Waals surface area (Å²) in [6.45, 7) is 17.5. The predicted octanol–water partition coefficient (Wildman–Crippen LogP) is 7.59. The molecule has 4 rings (SSSR count). The smallest absolute Gasteiger partial charge is 0.417 e. The maximum absolute atomic E-state index is 13.2. The Labute approximate surface area is 252 Å². The third-order valence-corrected chi connectivity index (χ3v) is 7.24. The van der Waals surface area contributed by atoms with Gasteiger partial charge in [-0.15, -0.1) is 11.3 Å². The standard InChI is InChI=1S/C32H41N5O4S/c1-20-11-13-23(14-12-20)26-19-42-27(34-26)18-24-21(2)17-25(22(3)33-24)35-28-36(29(38)40-31(4,5)6)15-10-16-37(28)30(39)41-32(7,8)9/h11-14,17,19H,10,15-16,18H2,1-9H3. The van der Waals surface area contributed by atoms with Crippen LogP contribution in [0, 0.1) is 20.8 Å². The van der Waals surface area contributed by atoms with Gasteiger partial charge in [0, 0.05) is 30.5 Å². The van der Waals surface area contributed by atoms with Crippen molar-refractivity contribution in [1.82, 2.24) is 19.8 Å². The lowest BCUT2D eigenvalue weighted by atomic mass is 10.1. The molecule has 0 radical (unpaired) electrons. The van der Waals surface area contributed by atoms with Crippen LogP contribution < -0.4 is 0 Å². The van der Waals surface area contributed by atoms with Crippen LogP contribution in [0.1, 0.15) is 75.5 Å². The van der Waals surface area contributed by atoms with E-state index in [1.165, 1.54) is 15.4 Å². The molecule has 10 heteroatoms. The van der Waals surface area contributed by atoms with Crippen LogP contribution in [0.4, 0.5) is 15.3 Å². The van der Waals surface area contributed by atoms with Crippen LogP contribution in [0.25, 0.3) is 11.3 Å². The minimum Gasteiger partial charge on any atom is -0.443 e. The zero-order valence-electron chi connectivity index (χ0n) is 26.1. The van der Waals surface area contributed by atoms with Gasteiger partial charge in [0.05, 0.1) is 27.8 Å². The molecule has 224 valence electrons. The van der Waals surface area contributed by atoms with E-state index in [9.17, 15) is 9.59 Å². The predicted molar refractivity (Wildman–Crippen MR) is 166 cm³/mol. The molecule has 1 aliphatic rings. The SMILES string of the molecule is Cc1ccc(-c2csc(Cc3nc(C)c(N=C4N(C(=O)OC(C)(C)C)CCCN4C(=O)OC(C)(C)C)cc3C)n2)cc1. The number of carbonyl (C=O) groups is 2. The number of aromatic nitrogens is 2. The molecule has 0 bridgehead atoms. The molecule has 2 amide bonds. The monoisotopic (exact) mass is 591 g/mol. The number of hydrogen-bond donors (Lipinski definition) is 0. The van der Waals surface area contributed by atoms with E-state index in [1.807, 2.05) is 19.9 Å². The molecule has 42 heavy (non-hydrogen) atoms. The summed E-state index contributed by atoms with van der Waals surface area (Å²) in [5.41, 5.74) is 4.92. The van der Waals surface area contributed by atoms with E-state index >= 15 is 0 Å².